The van der Waals surface area contributed by atoms with E-state index >= 15 is 0 Å². The Morgan fingerprint density at radius 2 is 2.32 bits per heavy atom. The molecule has 0 saturated carbocycles. The molecule has 0 radical (unpaired) electrons. The van der Waals surface area contributed by atoms with Crippen LogP contribution >= 0.6 is 0 Å². The number of hydrogen-bond donors (Lipinski definition) is 0. The van der Waals surface area contributed by atoms with Gasteiger partial charge in [-0.15, -0.1) is 0 Å². The van der Waals surface area contributed by atoms with E-state index in [-0.39, 0.29) is 11.4 Å². The highest BCUT2D eigenvalue weighted by atomic mass is 19.3. The van der Waals surface area contributed by atoms with Gasteiger partial charge in [-0.2, -0.15) is 4.98 Å². The molecular weight excluding hydrogens is 292 g/mol. The van der Waals surface area contributed by atoms with Crippen molar-refractivity contribution in [3.8, 4) is 5.88 Å². The summed E-state index contributed by atoms with van der Waals surface area (Å²) >= 11 is 0. The summed E-state index contributed by atoms with van der Waals surface area (Å²) in [6.07, 6.45) is 3.09. The SMILES string of the molecule is COC[C@@]12CCCN1[C@H](COc1ccnc(C(F)F)n1)CC2. The number of hydrogen-bond acceptors (Lipinski definition) is 5. The Morgan fingerprint density at radius 1 is 1.45 bits per heavy atom. The van der Waals surface area contributed by atoms with Crippen LogP contribution in [-0.4, -0.2) is 53.3 Å². The number of ether oxygens (including phenoxy) is 2. The smallest absolute Gasteiger partial charge is 0.297 e. The molecule has 7 heteroatoms. The Bertz CT molecular complexity index is 517. The van der Waals surface area contributed by atoms with E-state index in [9.17, 15) is 8.78 Å². The number of alkyl halides is 2. The maximum Gasteiger partial charge on any atom is 0.297 e. The van der Waals surface area contributed by atoms with Crippen LogP contribution in [0.3, 0.4) is 0 Å². The van der Waals surface area contributed by atoms with Gasteiger partial charge in [0.2, 0.25) is 5.88 Å². The van der Waals surface area contributed by atoms with Gasteiger partial charge in [0.1, 0.15) is 6.61 Å². The summed E-state index contributed by atoms with van der Waals surface area (Å²) in [5, 5.41) is 0. The second-order valence-corrected chi connectivity index (χ2v) is 6.01. The van der Waals surface area contributed by atoms with Crippen molar-refractivity contribution in [3.05, 3.63) is 18.1 Å². The quantitative estimate of drug-likeness (QED) is 0.807. The van der Waals surface area contributed by atoms with Gasteiger partial charge in [0.05, 0.1) is 6.61 Å². The molecule has 2 atom stereocenters. The van der Waals surface area contributed by atoms with E-state index in [0.717, 1.165) is 32.4 Å². The van der Waals surface area contributed by atoms with Crippen LogP contribution in [0.2, 0.25) is 0 Å². The molecule has 1 aromatic rings. The summed E-state index contributed by atoms with van der Waals surface area (Å²) in [5.74, 6) is -0.271. The van der Waals surface area contributed by atoms with Gasteiger partial charge in [-0.3, -0.25) is 4.90 Å². The minimum atomic E-state index is -2.68. The van der Waals surface area contributed by atoms with Gasteiger partial charge in [-0.1, -0.05) is 0 Å². The van der Waals surface area contributed by atoms with Crippen LogP contribution in [0, 0.1) is 0 Å². The minimum Gasteiger partial charge on any atom is -0.476 e. The largest absolute Gasteiger partial charge is 0.476 e. The van der Waals surface area contributed by atoms with Crippen LogP contribution in [0.15, 0.2) is 12.3 Å². The number of nitrogens with zero attached hydrogens (tertiary/aromatic N) is 3. The second-order valence-electron chi connectivity index (χ2n) is 6.01. The van der Waals surface area contributed by atoms with Gasteiger partial charge in [-0.25, -0.2) is 13.8 Å². The molecule has 0 aliphatic carbocycles. The van der Waals surface area contributed by atoms with Crippen molar-refractivity contribution >= 4 is 0 Å². The van der Waals surface area contributed by atoms with Crippen molar-refractivity contribution in [2.24, 2.45) is 0 Å². The lowest BCUT2D eigenvalue weighted by Gasteiger charge is -2.34. The number of fused-ring (bicyclic) bond motifs is 1. The zero-order valence-electron chi connectivity index (χ0n) is 12.7. The Labute approximate surface area is 128 Å². The van der Waals surface area contributed by atoms with E-state index in [2.05, 4.69) is 14.9 Å². The summed E-state index contributed by atoms with van der Waals surface area (Å²) in [5.41, 5.74) is 0.141. The lowest BCUT2D eigenvalue weighted by atomic mass is 9.95. The summed E-state index contributed by atoms with van der Waals surface area (Å²) in [6, 6.07) is 1.82. The van der Waals surface area contributed by atoms with E-state index in [1.54, 1.807) is 7.11 Å². The highest BCUT2D eigenvalue weighted by molar-refractivity contribution is 5.10. The monoisotopic (exact) mass is 313 g/mol. The first-order chi connectivity index (χ1) is 10.6. The fourth-order valence-electron chi connectivity index (χ4n) is 3.78. The average Bonchev–Trinajstić information content (AvgIpc) is 3.05. The topological polar surface area (TPSA) is 47.5 Å². The van der Waals surface area contributed by atoms with Crippen LogP contribution in [0.5, 0.6) is 5.88 Å². The van der Waals surface area contributed by atoms with E-state index in [0.29, 0.717) is 12.6 Å². The maximum atomic E-state index is 12.6. The standard InChI is InChI=1S/C15H21F2N3O2/c1-21-10-15-5-2-8-20(15)11(3-6-15)9-22-12-4-7-18-14(19-12)13(16)17/h4,7,11,13H,2-3,5-6,8-10H2,1H3/t11-,15-/m0/s1. The molecule has 122 valence electrons. The van der Waals surface area contributed by atoms with Crippen LogP contribution in [0.25, 0.3) is 0 Å². The number of methoxy groups -OCH3 is 1. The van der Waals surface area contributed by atoms with Crippen LogP contribution < -0.4 is 4.74 Å². The summed E-state index contributed by atoms with van der Waals surface area (Å²) in [4.78, 5) is 9.75. The summed E-state index contributed by atoms with van der Waals surface area (Å²) < 4.78 is 36.2. The Balaban J connectivity index is 1.61. The fourth-order valence-corrected chi connectivity index (χ4v) is 3.78. The van der Waals surface area contributed by atoms with Crippen molar-refractivity contribution in [2.75, 3.05) is 26.9 Å². The van der Waals surface area contributed by atoms with Crippen molar-refractivity contribution in [1.29, 1.82) is 0 Å². The van der Waals surface area contributed by atoms with Crippen molar-refractivity contribution in [2.45, 2.75) is 43.7 Å². The molecule has 2 saturated heterocycles. The first kappa shape index (κ1) is 15.6. The van der Waals surface area contributed by atoms with Gasteiger partial charge in [0.25, 0.3) is 6.43 Å². The molecule has 0 bridgehead atoms. The molecule has 0 amide bonds. The molecule has 0 unspecified atom stereocenters. The molecule has 22 heavy (non-hydrogen) atoms. The first-order valence-corrected chi connectivity index (χ1v) is 7.64. The van der Waals surface area contributed by atoms with Crippen molar-refractivity contribution in [1.82, 2.24) is 14.9 Å². The third-order valence-corrected chi connectivity index (χ3v) is 4.71. The Kier molecular flexibility index (Phi) is 4.54. The predicted molar refractivity (Wildman–Crippen MR) is 76.1 cm³/mol. The predicted octanol–water partition coefficient (Wildman–Crippen LogP) is 2.44. The molecule has 3 heterocycles. The lowest BCUT2D eigenvalue weighted by molar-refractivity contribution is 0.0395. The zero-order valence-corrected chi connectivity index (χ0v) is 12.7. The van der Waals surface area contributed by atoms with Gasteiger partial charge >= 0.3 is 0 Å². The number of halogens is 2. The van der Waals surface area contributed by atoms with E-state index in [1.165, 1.54) is 18.7 Å². The molecule has 5 nitrogen and oxygen atoms in total. The summed E-state index contributed by atoms with van der Waals surface area (Å²) in [6.45, 7) is 2.25. The Hall–Kier alpha value is -1.34. The van der Waals surface area contributed by atoms with Gasteiger partial charge in [0, 0.05) is 31.0 Å². The minimum absolute atomic E-state index is 0.141. The normalized spacial score (nSPS) is 28.3. The van der Waals surface area contributed by atoms with Crippen LogP contribution in [0.1, 0.15) is 37.9 Å². The third-order valence-electron chi connectivity index (χ3n) is 4.71. The third kappa shape index (κ3) is 2.92. The molecule has 0 spiro atoms. The average molecular weight is 313 g/mol. The number of rotatable bonds is 6. The fraction of sp³-hybridized carbons (Fsp3) is 0.733. The van der Waals surface area contributed by atoms with Crippen LogP contribution in [0.4, 0.5) is 8.78 Å². The summed E-state index contributed by atoms with van der Waals surface area (Å²) in [7, 11) is 1.74. The van der Waals surface area contributed by atoms with Gasteiger partial charge in [-0.05, 0) is 32.2 Å². The highest BCUT2D eigenvalue weighted by Gasteiger charge is 2.49. The Morgan fingerprint density at radius 3 is 3.09 bits per heavy atom. The molecular formula is C15H21F2N3O2. The van der Waals surface area contributed by atoms with Crippen molar-refractivity contribution in [3.63, 3.8) is 0 Å². The molecule has 2 fully saturated rings. The van der Waals surface area contributed by atoms with E-state index < -0.39 is 12.2 Å². The molecule has 2 aliphatic heterocycles. The molecule has 2 aliphatic rings. The van der Waals surface area contributed by atoms with E-state index in [1.807, 2.05) is 0 Å². The van der Waals surface area contributed by atoms with Gasteiger partial charge < -0.3 is 9.47 Å². The van der Waals surface area contributed by atoms with Crippen LogP contribution in [-0.2, 0) is 4.74 Å². The molecule has 3 rings (SSSR count). The van der Waals surface area contributed by atoms with Crippen molar-refractivity contribution < 1.29 is 18.3 Å². The lowest BCUT2D eigenvalue weighted by Crippen LogP contribution is -2.47. The highest BCUT2D eigenvalue weighted by Crippen LogP contribution is 2.42. The van der Waals surface area contributed by atoms with Gasteiger partial charge in [0.15, 0.2) is 5.82 Å². The zero-order chi connectivity index (χ0) is 15.6. The molecule has 0 aromatic carbocycles. The molecule has 0 N–H and O–H groups in total. The van der Waals surface area contributed by atoms with E-state index in [4.69, 9.17) is 9.47 Å². The maximum absolute atomic E-state index is 12.6. The second kappa shape index (κ2) is 6.42. The molecule has 1 aromatic heterocycles. The first-order valence-electron chi connectivity index (χ1n) is 7.64. The number of aromatic nitrogens is 2.